The Morgan fingerprint density at radius 3 is 2.52 bits per heavy atom. The lowest BCUT2D eigenvalue weighted by molar-refractivity contribution is 0.0117. The van der Waals surface area contributed by atoms with Crippen LogP contribution >= 0.6 is 15.9 Å². The number of benzene rings is 1. The average Bonchev–Trinajstić information content (AvgIpc) is 2.88. The van der Waals surface area contributed by atoms with Gasteiger partial charge in [-0.15, -0.1) is 0 Å². The minimum Gasteiger partial charge on any atom is -0.444 e. The van der Waals surface area contributed by atoms with Gasteiger partial charge in [0.25, 0.3) is 0 Å². The summed E-state index contributed by atoms with van der Waals surface area (Å²) in [5, 5.41) is 0. The Morgan fingerprint density at radius 2 is 1.84 bits per heavy atom. The van der Waals surface area contributed by atoms with Gasteiger partial charge >= 0.3 is 6.09 Å². The second-order valence-electron chi connectivity index (χ2n) is 9.49. The quantitative estimate of drug-likeness (QED) is 0.589. The lowest BCUT2D eigenvalue weighted by Crippen LogP contribution is -2.51. The number of hydrogen-bond donors (Lipinski definition) is 0. The van der Waals surface area contributed by atoms with Crippen LogP contribution in [0, 0.1) is 0 Å². The van der Waals surface area contributed by atoms with E-state index in [1.165, 1.54) is 22.3 Å². The van der Waals surface area contributed by atoms with Gasteiger partial charge in [-0.2, -0.15) is 0 Å². The van der Waals surface area contributed by atoms with E-state index in [1.807, 2.05) is 31.9 Å². The molecule has 0 saturated carbocycles. The van der Waals surface area contributed by atoms with Crippen molar-refractivity contribution >= 4 is 22.0 Å². The summed E-state index contributed by atoms with van der Waals surface area (Å²) in [6.07, 6.45) is 4.76. The summed E-state index contributed by atoms with van der Waals surface area (Å²) < 4.78 is 6.61. The van der Waals surface area contributed by atoms with E-state index in [1.54, 1.807) is 0 Å². The minimum atomic E-state index is -0.471. The molecule has 5 nitrogen and oxygen atoms in total. The Kier molecular flexibility index (Phi) is 6.40. The first-order valence-corrected chi connectivity index (χ1v) is 12.0. The lowest BCUT2D eigenvalue weighted by atomic mass is 9.94. The van der Waals surface area contributed by atoms with Crippen molar-refractivity contribution in [1.82, 2.24) is 14.8 Å². The first kappa shape index (κ1) is 22.3. The molecule has 6 heteroatoms. The van der Waals surface area contributed by atoms with Crippen LogP contribution in [0.5, 0.6) is 0 Å². The molecule has 31 heavy (non-hydrogen) atoms. The number of aromatic nitrogens is 1. The van der Waals surface area contributed by atoms with Gasteiger partial charge in [0.1, 0.15) is 5.60 Å². The van der Waals surface area contributed by atoms with Crippen LogP contribution < -0.4 is 0 Å². The summed E-state index contributed by atoms with van der Waals surface area (Å²) in [7, 11) is 0. The Balaban J connectivity index is 1.62. The van der Waals surface area contributed by atoms with Crippen LogP contribution in [0.25, 0.3) is 0 Å². The number of amides is 1. The molecule has 2 aliphatic rings. The third-order valence-electron chi connectivity index (χ3n) is 6.13. The molecule has 1 aliphatic heterocycles. The Morgan fingerprint density at radius 1 is 1.13 bits per heavy atom. The van der Waals surface area contributed by atoms with Crippen molar-refractivity contribution in [2.45, 2.75) is 58.6 Å². The topological polar surface area (TPSA) is 45.7 Å². The summed E-state index contributed by atoms with van der Waals surface area (Å²) in [5.74, 6) is 0. The number of carbonyl (C=O) groups is 1. The smallest absolute Gasteiger partial charge is 0.410 e. The molecule has 4 rings (SSSR count). The Labute approximate surface area is 193 Å². The van der Waals surface area contributed by atoms with E-state index in [0.29, 0.717) is 13.1 Å². The van der Waals surface area contributed by atoms with Gasteiger partial charge in [-0.3, -0.25) is 9.88 Å². The monoisotopic (exact) mass is 485 g/mol. The molecule has 0 N–H and O–H groups in total. The highest BCUT2D eigenvalue weighted by Gasteiger charge is 2.34. The van der Waals surface area contributed by atoms with E-state index >= 15 is 0 Å². The fraction of sp³-hybridized carbons (Fsp3) is 0.520. The van der Waals surface area contributed by atoms with Crippen molar-refractivity contribution in [3.63, 3.8) is 0 Å². The zero-order valence-electron chi connectivity index (χ0n) is 18.9. The zero-order chi connectivity index (χ0) is 22.2. The molecular weight excluding hydrogens is 454 g/mol. The molecule has 0 bridgehead atoms. The molecule has 1 aromatic heterocycles. The van der Waals surface area contributed by atoms with Crippen LogP contribution in [0.4, 0.5) is 4.79 Å². The van der Waals surface area contributed by atoms with E-state index in [2.05, 4.69) is 52.0 Å². The molecule has 0 spiro atoms. The van der Waals surface area contributed by atoms with Gasteiger partial charge in [-0.1, -0.05) is 25.1 Å². The van der Waals surface area contributed by atoms with Crippen LogP contribution in [0.3, 0.4) is 0 Å². The molecule has 1 amide bonds. The summed E-state index contributed by atoms with van der Waals surface area (Å²) in [4.78, 5) is 21.7. The van der Waals surface area contributed by atoms with Crippen molar-refractivity contribution in [3.8, 4) is 0 Å². The molecule has 1 atom stereocenters. The number of carbonyl (C=O) groups excluding carboxylic acids is 1. The van der Waals surface area contributed by atoms with Crippen LogP contribution in [0.15, 0.2) is 34.9 Å². The van der Waals surface area contributed by atoms with Crippen molar-refractivity contribution in [2.75, 3.05) is 26.2 Å². The number of rotatable bonds is 2. The van der Waals surface area contributed by atoms with Crippen LogP contribution in [0.1, 0.15) is 61.7 Å². The van der Waals surface area contributed by atoms with Gasteiger partial charge in [-0.05, 0) is 84.3 Å². The molecule has 1 aromatic carbocycles. The highest BCUT2D eigenvalue weighted by atomic mass is 79.9. The second-order valence-corrected chi connectivity index (χ2v) is 10.4. The van der Waals surface area contributed by atoms with Crippen LogP contribution in [-0.2, 0) is 24.0 Å². The third kappa shape index (κ3) is 4.96. The molecule has 1 aliphatic carbocycles. The third-order valence-corrected chi connectivity index (χ3v) is 6.57. The maximum Gasteiger partial charge on any atom is 0.410 e. The van der Waals surface area contributed by atoms with Crippen LogP contribution in [-0.4, -0.2) is 52.7 Å². The van der Waals surface area contributed by atoms with Crippen molar-refractivity contribution < 1.29 is 9.53 Å². The first-order valence-electron chi connectivity index (χ1n) is 11.2. The maximum absolute atomic E-state index is 12.5. The maximum atomic E-state index is 12.5. The molecule has 1 saturated heterocycles. The molecule has 1 unspecified atom stereocenters. The highest BCUT2D eigenvalue weighted by molar-refractivity contribution is 9.10. The summed E-state index contributed by atoms with van der Waals surface area (Å²) in [5.41, 5.74) is 6.15. The lowest BCUT2D eigenvalue weighted by Gasteiger charge is -2.40. The number of hydrogen-bond acceptors (Lipinski definition) is 4. The number of pyridine rings is 1. The van der Waals surface area contributed by atoms with Gasteiger partial charge in [0.05, 0.1) is 11.7 Å². The van der Waals surface area contributed by atoms with Crippen molar-refractivity contribution in [3.05, 3.63) is 62.9 Å². The van der Waals surface area contributed by atoms with E-state index in [9.17, 15) is 4.79 Å². The van der Waals surface area contributed by atoms with E-state index in [0.717, 1.165) is 42.5 Å². The summed E-state index contributed by atoms with van der Waals surface area (Å²) >= 11 is 3.60. The fourth-order valence-electron chi connectivity index (χ4n) is 4.58. The van der Waals surface area contributed by atoms with E-state index in [-0.39, 0.29) is 12.1 Å². The number of nitrogens with zero attached hydrogens (tertiary/aromatic N) is 3. The van der Waals surface area contributed by atoms with Gasteiger partial charge < -0.3 is 9.64 Å². The standard InChI is InChI=1S/C25H32BrN3O2/c1-5-17-6-9-21-18(14-17)7-8-19-15-20(26)16-27-22(19)23(21)28-10-12-29(13-11-28)24(30)31-25(2,3)4/h6,9,14-16,23H,5,7-8,10-13H2,1-4H3. The van der Waals surface area contributed by atoms with Gasteiger partial charge in [0, 0.05) is 36.8 Å². The minimum absolute atomic E-state index is 0.118. The molecule has 0 radical (unpaired) electrons. The number of halogens is 1. The number of ether oxygens (including phenoxy) is 1. The second kappa shape index (κ2) is 8.91. The van der Waals surface area contributed by atoms with Gasteiger partial charge in [-0.25, -0.2) is 4.79 Å². The number of fused-ring (bicyclic) bond motifs is 2. The number of piperazine rings is 1. The van der Waals surface area contributed by atoms with Gasteiger partial charge in [0.15, 0.2) is 0 Å². The molecule has 2 aromatic rings. The van der Waals surface area contributed by atoms with Gasteiger partial charge in [0.2, 0.25) is 0 Å². The fourth-order valence-corrected chi connectivity index (χ4v) is 4.95. The van der Waals surface area contributed by atoms with E-state index < -0.39 is 5.60 Å². The molecule has 1 fully saturated rings. The van der Waals surface area contributed by atoms with Crippen molar-refractivity contribution in [1.29, 1.82) is 0 Å². The van der Waals surface area contributed by atoms with E-state index in [4.69, 9.17) is 9.72 Å². The van der Waals surface area contributed by atoms with Crippen molar-refractivity contribution in [2.24, 2.45) is 0 Å². The molecule has 2 heterocycles. The Bertz CT molecular complexity index is 962. The Hall–Kier alpha value is -1.92. The largest absolute Gasteiger partial charge is 0.444 e. The molecule has 166 valence electrons. The number of aryl methyl sites for hydroxylation is 3. The summed E-state index contributed by atoms with van der Waals surface area (Å²) in [6, 6.07) is 9.27. The first-order chi connectivity index (χ1) is 14.7. The SMILES string of the molecule is CCc1ccc2c(c1)CCc1cc(Br)cnc1C2N1CCN(C(=O)OC(C)(C)C)CC1. The highest BCUT2D eigenvalue weighted by Crippen LogP contribution is 2.37. The summed E-state index contributed by atoms with van der Waals surface area (Å²) in [6.45, 7) is 10.9. The average molecular weight is 486 g/mol. The zero-order valence-corrected chi connectivity index (χ0v) is 20.5. The predicted octanol–water partition coefficient (Wildman–Crippen LogP) is 5.15. The molecular formula is C25H32BrN3O2. The normalized spacial score (nSPS) is 19.4. The van der Waals surface area contributed by atoms with Crippen LogP contribution in [0.2, 0.25) is 0 Å². The predicted molar refractivity (Wildman–Crippen MR) is 126 cm³/mol.